The fourth-order valence-electron chi connectivity index (χ4n) is 9.06. The molecule has 9 rings (SSSR count). The van der Waals surface area contributed by atoms with Crippen molar-refractivity contribution >= 4 is 17.7 Å². The van der Waals surface area contributed by atoms with Gasteiger partial charge in [0.25, 0.3) is 0 Å². The van der Waals surface area contributed by atoms with Gasteiger partial charge in [0, 0.05) is 11.8 Å². The van der Waals surface area contributed by atoms with Gasteiger partial charge in [0.1, 0.15) is 48.2 Å². The predicted octanol–water partition coefficient (Wildman–Crippen LogP) is 11.3. The molecule has 0 N–H and O–H groups in total. The van der Waals surface area contributed by atoms with Gasteiger partial charge in [-0.1, -0.05) is 212 Å². The van der Waals surface area contributed by atoms with E-state index in [1.807, 2.05) is 212 Å². The van der Waals surface area contributed by atoms with Gasteiger partial charge in [-0.15, -0.1) is 0 Å². The van der Waals surface area contributed by atoms with Gasteiger partial charge < -0.3 is 47.4 Å². The van der Waals surface area contributed by atoms with Crippen LogP contribution in [0, 0.1) is 0 Å². The normalized spacial score (nSPS) is 23.7. The van der Waals surface area contributed by atoms with E-state index < -0.39 is 66.5 Å². The summed E-state index contributed by atoms with van der Waals surface area (Å²) in [5.41, 5.74) is 5.09. The van der Waals surface area contributed by atoms with Crippen molar-refractivity contribution in [2.45, 2.75) is 112 Å². The van der Waals surface area contributed by atoms with Gasteiger partial charge in [0.2, 0.25) is 0 Å². The first-order valence-electron chi connectivity index (χ1n) is 25.2. The summed E-state index contributed by atoms with van der Waals surface area (Å²) in [7, 11) is 0. The molecule has 0 amide bonds. The Morgan fingerprint density at radius 3 is 1.09 bits per heavy atom. The van der Waals surface area contributed by atoms with Gasteiger partial charge in [-0.3, -0.25) is 4.79 Å². The zero-order chi connectivity index (χ0) is 50.6. The Morgan fingerprint density at radius 1 is 0.392 bits per heavy atom. The van der Waals surface area contributed by atoms with Crippen molar-refractivity contribution in [1.82, 2.24) is 0 Å². The summed E-state index contributed by atoms with van der Waals surface area (Å²) < 4.78 is 69.0. The monoisotopic (exact) mass is 1020 g/mol. The van der Waals surface area contributed by atoms with Gasteiger partial charge in [0.15, 0.2) is 12.4 Å². The fraction of sp³-hybridized carbons (Fsp3) is 0.306. The van der Waals surface area contributed by atoms with Crippen LogP contribution in [0.15, 0.2) is 217 Å². The van der Waals surface area contributed by atoms with E-state index >= 15 is 0 Å². The van der Waals surface area contributed by atoms with E-state index in [0.717, 1.165) is 38.3 Å². The molecule has 12 heteroatoms. The quantitative estimate of drug-likeness (QED) is 0.0509. The Kier molecular flexibility index (Phi) is 20.0. The Balaban J connectivity index is 1.11. The predicted molar refractivity (Wildman–Crippen MR) is 282 cm³/mol. The van der Waals surface area contributed by atoms with E-state index in [1.165, 1.54) is 18.7 Å². The first-order chi connectivity index (χ1) is 36.5. The zero-order valence-electron chi connectivity index (χ0n) is 41.5. The van der Waals surface area contributed by atoms with Crippen LogP contribution in [-0.2, 0) is 91.8 Å². The highest BCUT2D eigenvalue weighted by Crippen LogP contribution is 2.41. The van der Waals surface area contributed by atoms with Gasteiger partial charge in [0.05, 0.1) is 52.9 Å². The number of carbonyl (C=O) groups excluding carboxylic acids is 1. The maximum atomic E-state index is 13.5. The highest BCUT2D eigenvalue weighted by Gasteiger charge is 2.55. The molecule has 0 aliphatic carbocycles. The van der Waals surface area contributed by atoms with Gasteiger partial charge >= 0.3 is 5.97 Å². The lowest BCUT2D eigenvalue weighted by atomic mass is 9.96. The Labute approximate surface area is 438 Å². The summed E-state index contributed by atoms with van der Waals surface area (Å²) >= 11 is 1.50. The summed E-state index contributed by atoms with van der Waals surface area (Å²) in [6.07, 6.45) is -7.97. The number of esters is 1. The van der Waals surface area contributed by atoms with Crippen LogP contribution in [0.3, 0.4) is 0 Å². The van der Waals surface area contributed by atoms with Crippen molar-refractivity contribution in [3.8, 4) is 0 Å². The molecule has 2 heterocycles. The molecule has 11 nitrogen and oxygen atoms in total. The largest absolute Gasteiger partial charge is 0.454 e. The van der Waals surface area contributed by atoms with Crippen LogP contribution in [0.1, 0.15) is 40.3 Å². The van der Waals surface area contributed by atoms with Crippen molar-refractivity contribution in [3.05, 3.63) is 246 Å². The third-order valence-corrected chi connectivity index (χ3v) is 13.9. The molecular weight excluding hydrogens is 953 g/mol. The maximum absolute atomic E-state index is 13.5. The van der Waals surface area contributed by atoms with Crippen LogP contribution in [0.4, 0.5) is 0 Å². The molecule has 384 valence electrons. The number of carbonyl (C=O) groups is 1. The van der Waals surface area contributed by atoms with Crippen LogP contribution in [-0.4, -0.2) is 79.7 Å². The molecule has 2 aliphatic rings. The summed E-state index contributed by atoms with van der Waals surface area (Å²) in [6, 6.07) is 69.8. The molecule has 2 aliphatic heterocycles. The minimum atomic E-state index is -1.25. The number of rotatable bonds is 25. The Morgan fingerprint density at radius 2 is 0.716 bits per heavy atom. The zero-order valence-corrected chi connectivity index (χ0v) is 42.4. The van der Waals surface area contributed by atoms with E-state index in [2.05, 4.69) is 0 Å². The number of ether oxygens (including phenoxy) is 10. The minimum absolute atomic E-state index is 0.0904. The van der Waals surface area contributed by atoms with Gasteiger partial charge in [-0.05, 0) is 45.5 Å². The molecule has 0 saturated carbocycles. The standard InChI is InChI=1S/C62H64O11S/c1-45(63)70-59-57(68-41-50-31-17-6-18-32-50)55(66-39-48-27-13-4-14-28-48)53(43-64-37-46-23-9-2-10-24-46)71-61(59)73-60-58(69-42-51-33-19-7-20-34-51)56(67-40-49-29-15-5-16-30-49)54(44-65-38-47-25-11-3-12-26-47)72-62(60)74-52-35-21-8-22-36-52/h2-36,53-62H,37-44H2,1H3/t53-,54-,55-,56-,57+,58+,59+,60+,61-,62?/m1/s1. The van der Waals surface area contributed by atoms with E-state index in [4.69, 9.17) is 47.4 Å². The molecule has 0 aromatic heterocycles. The number of hydrogen-bond donors (Lipinski definition) is 0. The highest BCUT2D eigenvalue weighted by atomic mass is 32.2. The van der Waals surface area contributed by atoms with Crippen LogP contribution in [0.25, 0.3) is 0 Å². The molecule has 74 heavy (non-hydrogen) atoms. The third-order valence-electron chi connectivity index (χ3n) is 12.7. The van der Waals surface area contributed by atoms with E-state index in [-0.39, 0.29) is 39.6 Å². The number of thioether (sulfide) groups is 1. The number of benzene rings is 7. The van der Waals surface area contributed by atoms with Crippen molar-refractivity contribution in [1.29, 1.82) is 0 Å². The lowest BCUT2D eigenvalue weighted by molar-refractivity contribution is -0.351. The highest BCUT2D eigenvalue weighted by molar-refractivity contribution is 7.99. The SMILES string of the molecule is CC(=O)O[C@@H]1[C@@H](O[C@@H]2C(Sc3ccccc3)O[C@H](COCc3ccccc3)[C@@H](OCc3ccccc3)[C@@H]2OCc2ccccc2)O[C@H](COCc2ccccc2)[C@@H](OCc2ccccc2)[C@@H]1OCc1ccccc1. The summed E-state index contributed by atoms with van der Waals surface area (Å²) in [6.45, 7) is 3.22. The number of hydrogen-bond acceptors (Lipinski definition) is 12. The van der Waals surface area contributed by atoms with Crippen LogP contribution in [0.5, 0.6) is 0 Å². The molecule has 2 saturated heterocycles. The molecule has 0 radical (unpaired) electrons. The van der Waals surface area contributed by atoms with Crippen molar-refractivity contribution in [2.75, 3.05) is 13.2 Å². The van der Waals surface area contributed by atoms with Crippen LogP contribution in [0.2, 0.25) is 0 Å². The summed E-state index contributed by atoms with van der Waals surface area (Å²) in [5, 5.41) is 0. The average Bonchev–Trinajstić information content (AvgIpc) is 3.44. The van der Waals surface area contributed by atoms with E-state index in [0.29, 0.717) is 13.2 Å². The smallest absolute Gasteiger partial charge is 0.303 e. The third kappa shape index (κ3) is 15.5. The van der Waals surface area contributed by atoms with Gasteiger partial charge in [-0.25, -0.2) is 0 Å². The molecule has 10 atom stereocenters. The van der Waals surface area contributed by atoms with E-state index in [1.54, 1.807) is 0 Å². The lowest BCUT2D eigenvalue weighted by Gasteiger charge is -2.50. The Hall–Kier alpha value is -6.00. The topological polar surface area (TPSA) is 109 Å². The molecule has 0 spiro atoms. The molecule has 0 bridgehead atoms. The molecule has 7 aromatic rings. The van der Waals surface area contributed by atoms with Crippen molar-refractivity contribution in [3.63, 3.8) is 0 Å². The first kappa shape index (κ1) is 52.8. The van der Waals surface area contributed by atoms with E-state index in [9.17, 15) is 4.79 Å². The van der Waals surface area contributed by atoms with Crippen LogP contribution < -0.4 is 0 Å². The lowest BCUT2D eigenvalue weighted by Crippen LogP contribution is -2.66. The molecule has 2 fully saturated rings. The summed E-state index contributed by atoms with van der Waals surface area (Å²) in [5.74, 6) is -0.548. The maximum Gasteiger partial charge on any atom is 0.303 e. The minimum Gasteiger partial charge on any atom is -0.454 e. The second-order valence-corrected chi connectivity index (χ2v) is 19.4. The van der Waals surface area contributed by atoms with Crippen molar-refractivity contribution < 1.29 is 52.2 Å². The Bertz CT molecular complexity index is 2660. The average molecular weight is 1020 g/mol. The van der Waals surface area contributed by atoms with Crippen molar-refractivity contribution in [2.24, 2.45) is 0 Å². The van der Waals surface area contributed by atoms with Gasteiger partial charge in [-0.2, -0.15) is 0 Å². The molecule has 7 aromatic carbocycles. The first-order valence-corrected chi connectivity index (χ1v) is 26.1. The molecule has 1 unspecified atom stereocenters. The van der Waals surface area contributed by atoms with Crippen LogP contribution >= 0.6 is 11.8 Å². The second-order valence-electron chi connectivity index (χ2n) is 18.2. The fourth-order valence-corrected chi connectivity index (χ4v) is 10.2. The summed E-state index contributed by atoms with van der Waals surface area (Å²) in [4.78, 5) is 14.4. The second kappa shape index (κ2) is 28.1. The molecular formula is C62H64O11S.